The van der Waals surface area contributed by atoms with Crippen LogP contribution in [0.15, 0.2) is 18.2 Å². The highest BCUT2D eigenvalue weighted by atomic mass is 32.2. The molecule has 7 nitrogen and oxygen atoms in total. The number of hydrogen-bond donors (Lipinski definition) is 2. The van der Waals surface area contributed by atoms with E-state index in [0.717, 1.165) is 0 Å². The van der Waals surface area contributed by atoms with Crippen LogP contribution in [0.2, 0.25) is 0 Å². The smallest absolute Gasteiger partial charge is 0.342 e. The number of rotatable bonds is 7. The van der Waals surface area contributed by atoms with E-state index in [2.05, 4.69) is 5.32 Å². The predicted octanol–water partition coefficient (Wildman–Crippen LogP) is 1.86. The summed E-state index contributed by atoms with van der Waals surface area (Å²) in [4.78, 5) is 21.3. The largest absolute Gasteiger partial charge is 0.477 e. The summed E-state index contributed by atoms with van der Waals surface area (Å²) in [5, 5.41) is 22.9. The van der Waals surface area contributed by atoms with Crippen LogP contribution in [0.4, 0.5) is 11.4 Å². The summed E-state index contributed by atoms with van der Waals surface area (Å²) in [7, 11) is -0.938. The molecule has 0 aromatic heterocycles. The second-order valence-corrected chi connectivity index (χ2v) is 5.93. The van der Waals surface area contributed by atoms with Gasteiger partial charge in [-0.15, -0.1) is 0 Å². The van der Waals surface area contributed by atoms with Gasteiger partial charge in [0.2, 0.25) is 0 Å². The number of carbonyl (C=O) groups is 1. The van der Waals surface area contributed by atoms with Crippen molar-refractivity contribution in [3.63, 3.8) is 0 Å². The summed E-state index contributed by atoms with van der Waals surface area (Å²) in [5.41, 5.74) is -0.653. The molecule has 2 unspecified atom stereocenters. The molecule has 0 aliphatic rings. The molecule has 0 saturated carbocycles. The molecule has 2 atom stereocenters. The first-order valence-electron chi connectivity index (χ1n) is 5.90. The number of nitrogens with one attached hydrogen (secondary N) is 1. The van der Waals surface area contributed by atoms with E-state index in [1.165, 1.54) is 18.2 Å². The molecule has 0 heterocycles. The second kappa shape index (κ2) is 6.99. The first-order chi connectivity index (χ1) is 9.32. The summed E-state index contributed by atoms with van der Waals surface area (Å²) in [6.45, 7) is 1.80. The number of carboxylic acid groups (broad SMARTS) is 1. The molecule has 1 rings (SSSR count). The maximum absolute atomic E-state index is 11.0. The third-order valence-corrected chi connectivity index (χ3v) is 3.50. The molecule has 0 spiro atoms. The number of anilines is 1. The third kappa shape index (κ3) is 4.30. The molecular weight excluding hydrogens is 284 g/mol. The third-order valence-electron chi connectivity index (χ3n) is 2.69. The molecule has 2 N–H and O–H groups in total. The fraction of sp³-hybridized carbons (Fsp3) is 0.417. The molecule has 0 bridgehead atoms. The molecule has 0 aliphatic heterocycles. The predicted molar refractivity (Wildman–Crippen MR) is 76.7 cm³/mol. The van der Waals surface area contributed by atoms with Gasteiger partial charge in [0.15, 0.2) is 0 Å². The lowest BCUT2D eigenvalue weighted by molar-refractivity contribution is -0.384. The van der Waals surface area contributed by atoms with Crippen molar-refractivity contribution in [1.29, 1.82) is 0 Å². The van der Waals surface area contributed by atoms with Gasteiger partial charge in [0, 0.05) is 28.9 Å². The minimum Gasteiger partial charge on any atom is -0.477 e. The molecule has 0 fully saturated rings. The number of nitro benzene ring substituents is 1. The number of hydrogen-bond acceptors (Lipinski definition) is 5. The SMILES string of the molecule is CC(CCS(C)=O)Nc1cccc(C(=O)O)c1[N+](=O)[O-]. The lowest BCUT2D eigenvalue weighted by Crippen LogP contribution is -2.19. The number of carboxylic acids is 1. The van der Waals surface area contributed by atoms with Crippen molar-refractivity contribution < 1.29 is 19.0 Å². The van der Waals surface area contributed by atoms with Gasteiger partial charge >= 0.3 is 11.7 Å². The second-order valence-electron chi connectivity index (χ2n) is 4.38. The molecule has 20 heavy (non-hydrogen) atoms. The average molecular weight is 300 g/mol. The van der Waals surface area contributed by atoms with E-state index < -0.39 is 27.4 Å². The number of nitro groups is 1. The lowest BCUT2D eigenvalue weighted by atomic mass is 10.1. The molecule has 110 valence electrons. The monoisotopic (exact) mass is 300 g/mol. The zero-order valence-corrected chi connectivity index (χ0v) is 12.0. The van der Waals surface area contributed by atoms with Crippen LogP contribution in [0.5, 0.6) is 0 Å². The van der Waals surface area contributed by atoms with Gasteiger partial charge in [-0.1, -0.05) is 6.07 Å². The first-order valence-corrected chi connectivity index (χ1v) is 7.63. The van der Waals surface area contributed by atoms with Crippen LogP contribution in [0, 0.1) is 10.1 Å². The molecular formula is C12H16N2O5S. The fourth-order valence-electron chi connectivity index (χ4n) is 1.71. The standard InChI is InChI=1S/C12H16N2O5S/c1-8(6-7-20(2)19)13-10-5-3-4-9(12(15)16)11(10)14(17)18/h3-5,8,13H,6-7H2,1-2H3,(H,15,16). The van der Waals surface area contributed by atoms with E-state index in [-0.39, 0.29) is 17.3 Å². The summed E-state index contributed by atoms with van der Waals surface area (Å²) in [5.74, 6) is -0.872. The molecule has 0 radical (unpaired) electrons. The van der Waals surface area contributed by atoms with Crippen molar-refractivity contribution in [1.82, 2.24) is 0 Å². The van der Waals surface area contributed by atoms with Gasteiger partial charge < -0.3 is 10.4 Å². The molecule has 8 heteroatoms. The topological polar surface area (TPSA) is 110 Å². The van der Waals surface area contributed by atoms with Crippen LogP contribution in [0.1, 0.15) is 23.7 Å². The van der Waals surface area contributed by atoms with Gasteiger partial charge in [-0.05, 0) is 25.5 Å². The van der Waals surface area contributed by atoms with Crippen LogP contribution >= 0.6 is 0 Å². The Morgan fingerprint density at radius 2 is 2.20 bits per heavy atom. The van der Waals surface area contributed by atoms with Gasteiger partial charge in [-0.2, -0.15) is 0 Å². The quantitative estimate of drug-likeness (QED) is 0.587. The Kier molecular flexibility index (Phi) is 5.63. The van der Waals surface area contributed by atoms with Crippen molar-refractivity contribution in [2.45, 2.75) is 19.4 Å². The molecule has 0 aliphatic carbocycles. The summed E-state index contributed by atoms with van der Waals surface area (Å²) in [6.07, 6.45) is 2.15. The zero-order chi connectivity index (χ0) is 15.3. The number of benzene rings is 1. The van der Waals surface area contributed by atoms with Crippen LogP contribution < -0.4 is 5.32 Å². The molecule has 0 amide bonds. The summed E-state index contributed by atoms with van der Waals surface area (Å²) in [6, 6.07) is 3.95. The fourth-order valence-corrected chi connectivity index (χ4v) is 2.40. The van der Waals surface area contributed by atoms with Crippen molar-refractivity contribution >= 4 is 28.1 Å². The maximum atomic E-state index is 11.0. The maximum Gasteiger partial charge on any atom is 0.342 e. The molecule has 0 saturated heterocycles. The molecule has 1 aromatic rings. The van der Waals surface area contributed by atoms with Crippen LogP contribution in [0.25, 0.3) is 0 Å². The minimum atomic E-state index is -1.34. The Morgan fingerprint density at radius 1 is 1.55 bits per heavy atom. The number of nitrogens with zero attached hydrogens (tertiary/aromatic N) is 1. The summed E-state index contributed by atoms with van der Waals surface area (Å²) >= 11 is 0. The minimum absolute atomic E-state index is 0.151. The highest BCUT2D eigenvalue weighted by Crippen LogP contribution is 2.29. The number of para-hydroxylation sites is 1. The van der Waals surface area contributed by atoms with Gasteiger partial charge in [0.25, 0.3) is 0 Å². The van der Waals surface area contributed by atoms with Crippen molar-refractivity contribution in [3.05, 3.63) is 33.9 Å². The Bertz CT molecular complexity index is 547. The van der Waals surface area contributed by atoms with Crippen LogP contribution in [-0.2, 0) is 10.8 Å². The van der Waals surface area contributed by atoms with E-state index in [1.54, 1.807) is 13.2 Å². The Hall–Kier alpha value is -1.96. The van der Waals surface area contributed by atoms with Crippen LogP contribution in [0.3, 0.4) is 0 Å². The highest BCUT2D eigenvalue weighted by Gasteiger charge is 2.24. The van der Waals surface area contributed by atoms with Crippen LogP contribution in [-0.4, -0.2) is 38.3 Å². The lowest BCUT2D eigenvalue weighted by Gasteiger charge is -2.15. The van der Waals surface area contributed by atoms with Gasteiger partial charge in [-0.3, -0.25) is 14.3 Å². The number of aromatic carboxylic acids is 1. The van der Waals surface area contributed by atoms with Crippen molar-refractivity contribution in [2.75, 3.05) is 17.3 Å². The van der Waals surface area contributed by atoms with E-state index in [0.29, 0.717) is 12.2 Å². The molecule has 1 aromatic carbocycles. The summed E-state index contributed by atoms with van der Waals surface area (Å²) < 4.78 is 11.0. The van der Waals surface area contributed by atoms with Crippen molar-refractivity contribution in [3.8, 4) is 0 Å². The normalized spacial score (nSPS) is 13.5. The van der Waals surface area contributed by atoms with Crippen molar-refractivity contribution in [2.24, 2.45) is 0 Å². The van der Waals surface area contributed by atoms with Gasteiger partial charge in [-0.25, -0.2) is 4.79 Å². The first kappa shape index (κ1) is 16.1. The van der Waals surface area contributed by atoms with E-state index in [9.17, 15) is 19.1 Å². The zero-order valence-electron chi connectivity index (χ0n) is 11.2. The Balaban J connectivity index is 3.00. The Labute approximate surface area is 118 Å². The van der Waals surface area contributed by atoms with Gasteiger partial charge in [0.05, 0.1) is 4.92 Å². The van der Waals surface area contributed by atoms with Gasteiger partial charge in [0.1, 0.15) is 11.3 Å². The Morgan fingerprint density at radius 3 is 2.70 bits per heavy atom. The van der Waals surface area contributed by atoms with E-state index in [4.69, 9.17) is 5.11 Å². The van der Waals surface area contributed by atoms with E-state index >= 15 is 0 Å². The van der Waals surface area contributed by atoms with E-state index in [1.807, 2.05) is 0 Å². The highest BCUT2D eigenvalue weighted by molar-refractivity contribution is 7.84. The average Bonchev–Trinajstić information content (AvgIpc) is 2.35.